The number of benzene rings is 2. The van der Waals surface area contributed by atoms with E-state index in [4.69, 9.17) is 11.6 Å². The molecule has 0 radical (unpaired) electrons. The number of carbonyl (C=O) groups is 1. The van der Waals surface area contributed by atoms with Crippen LogP contribution in [0.2, 0.25) is 5.02 Å². The highest BCUT2D eigenvalue weighted by atomic mass is 35.5. The summed E-state index contributed by atoms with van der Waals surface area (Å²) in [6.45, 7) is 5.86. The van der Waals surface area contributed by atoms with Crippen LogP contribution in [0.5, 0.6) is 0 Å². The van der Waals surface area contributed by atoms with Gasteiger partial charge in [-0.3, -0.25) is 4.79 Å². The molecule has 3 rings (SSSR count). The van der Waals surface area contributed by atoms with Crippen molar-refractivity contribution < 1.29 is 4.79 Å². The normalized spacial score (nSPS) is 10.5. The molecule has 5 nitrogen and oxygen atoms in total. The average molecular weight is 367 g/mol. The lowest BCUT2D eigenvalue weighted by Gasteiger charge is -2.12. The summed E-state index contributed by atoms with van der Waals surface area (Å²) < 4.78 is 0. The molecule has 0 saturated heterocycles. The summed E-state index contributed by atoms with van der Waals surface area (Å²) in [6, 6.07) is 11.4. The molecule has 26 heavy (non-hydrogen) atoms. The number of aromatic nitrogens is 2. The van der Waals surface area contributed by atoms with Gasteiger partial charge in [-0.05, 0) is 55.7 Å². The molecule has 0 aliphatic carbocycles. The second-order valence-corrected chi connectivity index (χ2v) is 6.54. The first-order chi connectivity index (χ1) is 12.4. The molecule has 0 atom stereocenters. The van der Waals surface area contributed by atoms with Crippen molar-refractivity contribution in [1.29, 1.82) is 0 Å². The number of nitrogens with one attached hydrogen (secondary N) is 2. The van der Waals surface area contributed by atoms with Gasteiger partial charge in [0, 0.05) is 28.8 Å². The summed E-state index contributed by atoms with van der Waals surface area (Å²) in [4.78, 5) is 20.9. The zero-order chi connectivity index (χ0) is 18.7. The van der Waals surface area contributed by atoms with E-state index in [1.807, 2.05) is 51.1 Å². The molecule has 0 fully saturated rings. The SMILES string of the molecule is Cc1cc(Cl)ccc1Nc1ncc(C(=O)Nc2c(C)cccc2C)cn1. The standard InChI is InChI=1S/C20H19ClN4O/c1-12-5-4-6-13(2)18(12)25-19(26)15-10-22-20(23-11-15)24-17-8-7-16(21)9-14(17)3/h4-11H,1-3H3,(H,25,26)(H,22,23,24). The van der Waals surface area contributed by atoms with Crippen molar-refractivity contribution in [3.05, 3.63) is 76.1 Å². The third-order valence-corrected chi connectivity index (χ3v) is 4.30. The van der Waals surface area contributed by atoms with E-state index in [0.717, 1.165) is 28.1 Å². The van der Waals surface area contributed by atoms with E-state index in [1.165, 1.54) is 12.4 Å². The number of nitrogens with zero attached hydrogens (tertiary/aromatic N) is 2. The Morgan fingerprint density at radius 2 is 1.62 bits per heavy atom. The number of aryl methyl sites for hydroxylation is 3. The van der Waals surface area contributed by atoms with Gasteiger partial charge in [-0.1, -0.05) is 29.8 Å². The number of amides is 1. The van der Waals surface area contributed by atoms with Gasteiger partial charge in [-0.2, -0.15) is 0 Å². The summed E-state index contributed by atoms with van der Waals surface area (Å²) in [6.07, 6.45) is 3.01. The first-order valence-electron chi connectivity index (χ1n) is 8.17. The largest absolute Gasteiger partial charge is 0.324 e. The predicted molar refractivity (Wildman–Crippen MR) is 105 cm³/mol. The molecule has 0 spiro atoms. The van der Waals surface area contributed by atoms with Crippen LogP contribution < -0.4 is 10.6 Å². The molecule has 2 aromatic carbocycles. The average Bonchev–Trinajstić information content (AvgIpc) is 2.61. The van der Waals surface area contributed by atoms with Crippen LogP contribution in [0.3, 0.4) is 0 Å². The fourth-order valence-corrected chi connectivity index (χ4v) is 2.82. The Bertz CT molecular complexity index is 934. The number of rotatable bonds is 4. The Kier molecular flexibility index (Phi) is 5.19. The summed E-state index contributed by atoms with van der Waals surface area (Å²) >= 11 is 5.96. The monoisotopic (exact) mass is 366 g/mol. The predicted octanol–water partition coefficient (Wildman–Crippen LogP) is 5.05. The lowest BCUT2D eigenvalue weighted by atomic mass is 10.1. The lowest BCUT2D eigenvalue weighted by Crippen LogP contribution is -2.14. The van der Waals surface area contributed by atoms with Gasteiger partial charge in [-0.15, -0.1) is 0 Å². The smallest absolute Gasteiger partial charge is 0.258 e. The second kappa shape index (κ2) is 7.54. The molecule has 0 bridgehead atoms. The van der Waals surface area contributed by atoms with E-state index in [9.17, 15) is 4.79 Å². The van der Waals surface area contributed by atoms with Crippen molar-refractivity contribution in [3.8, 4) is 0 Å². The molecule has 6 heteroatoms. The van der Waals surface area contributed by atoms with Crippen molar-refractivity contribution in [2.75, 3.05) is 10.6 Å². The minimum atomic E-state index is -0.239. The highest BCUT2D eigenvalue weighted by molar-refractivity contribution is 6.30. The van der Waals surface area contributed by atoms with Crippen LogP contribution in [-0.4, -0.2) is 15.9 Å². The van der Waals surface area contributed by atoms with Gasteiger partial charge < -0.3 is 10.6 Å². The zero-order valence-corrected chi connectivity index (χ0v) is 15.6. The fraction of sp³-hybridized carbons (Fsp3) is 0.150. The topological polar surface area (TPSA) is 66.9 Å². The van der Waals surface area contributed by atoms with Crippen molar-refractivity contribution in [3.63, 3.8) is 0 Å². The van der Waals surface area contributed by atoms with Gasteiger partial charge >= 0.3 is 0 Å². The minimum Gasteiger partial charge on any atom is -0.324 e. The lowest BCUT2D eigenvalue weighted by molar-refractivity contribution is 0.102. The van der Waals surface area contributed by atoms with Crippen LogP contribution in [0, 0.1) is 20.8 Å². The summed E-state index contributed by atoms with van der Waals surface area (Å²) in [7, 11) is 0. The number of anilines is 3. The van der Waals surface area contributed by atoms with E-state index in [1.54, 1.807) is 6.07 Å². The van der Waals surface area contributed by atoms with Gasteiger partial charge in [0.05, 0.1) is 5.56 Å². The van der Waals surface area contributed by atoms with Crippen LogP contribution >= 0.6 is 11.6 Å². The van der Waals surface area contributed by atoms with E-state index in [-0.39, 0.29) is 5.91 Å². The molecule has 0 aliphatic rings. The molecule has 1 aromatic heterocycles. The first kappa shape index (κ1) is 17.9. The Hall–Kier alpha value is -2.92. The van der Waals surface area contributed by atoms with E-state index in [0.29, 0.717) is 16.5 Å². The number of hydrogen-bond acceptors (Lipinski definition) is 4. The molecule has 0 unspecified atom stereocenters. The van der Waals surface area contributed by atoms with Crippen molar-refractivity contribution in [1.82, 2.24) is 9.97 Å². The number of halogens is 1. The quantitative estimate of drug-likeness (QED) is 0.678. The Labute approximate surface area is 157 Å². The highest BCUT2D eigenvalue weighted by Gasteiger charge is 2.11. The molecular weight excluding hydrogens is 348 g/mol. The maximum Gasteiger partial charge on any atom is 0.258 e. The molecule has 1 amide bonds. The maximum atomic E-state index is 12.5. The Morgan fingerprint density at radius 3 is 2.23 bits per heavy atom. The van der Waals surface area contributed by atoms with Crippen LogP contribution in [-0.2, 0) is 0 Å². The molecule has 132 valence electrons. The van der Waals surface area contributed by atoms with E-state index < -0.39 is 0 Å². The number of hydrogen-bond donors (Lipinski definition) is 2. The van der Waals surface area contributed by atoms with Gasteiger partial charge in [0.1, 0.15) is 0 Å². The van der Waals surface area contributed by atoms with Gasteiger partial charge in [0.2, 0.25) is 5.95 Å². The number of para-hydroxylation sites is 1. The van der Waals surface area contributed by atoms with E-state index in [2.05, 4.69) is 20.6 Å². The molecule has 3 aromatic rings. The van der Waals surface area contributed by atoms with Crippen LogP contribution in [0.4, 0.5) is 17.3 Å². The van der Waals surface area contributed by atoms with Gasteiger partial charge in [0.15, 0.2) is 0 Å². The minimum absolute atomic E-state index is 0.239. The number of carbonyl (C=O) groups excluding carboxylic acids is 1. The summed E-state index contributed by atoms with van der Waals surface area (Å²) in [5.74, 6) is 0.177. The first-order valence-corrected chi connectivity index (χ1v) is 8.54. The van der Waals surface area contributed by atoms with E-state index >= 15 is 0 Å². The third kappa shape index (κ3) is 4.00. The van der Waals surface area contributed by atoms with Crippen molar-refractivity contribution in [2.45, 2.75) is 20.8 Å². The Balaban J connectivity index is 1.74. The molecule has 0 saturated carbocycles. The van der Waals surface area contributed by atoms with Crippen LogP contribution in [0.1, 0.15) is 27.0 Å². The van der Waals surface area contributed by atoms with Crippen LogP contribution in [0.15, 0.2) is 48.8 Å². The molecule has 1 heterocycles. The zero-order valence-electron chi connectivity index (χ0n) is 14.8. The highest BCUT2D eigenvalue weighted by Crippen LogP contribution is 2.22. The van der Waals surface area contributed by atoms with Gasteiger partial charge in [0.25, 0.3) is 5.91 Å². The second-order valence-electron chi connectivity index (χ2n) is 6.10. The van der Waals surface area contributed by atoms with Gasteiger partial charge in [-0.25, -0.2) is 9.97 Å². The Morgan fingerprint density at radius 1 is 0.962 bits per heavy atom. The summed E-state index contributed by atoms with van der Waals surface area (Å²) in [5, 5.41) is 6.72. The molecule has 0 aliphatic heterocycles. The molecular formula is C20H19ClN4O. The van der Waals surface area contributed by atoms with Crippen molar-refractivity contribution >= 4 is 34.8 Å². The third-order valence-electron chi connectivity index (χ3n) is 4.07. The summed E-state index contributed by atoms with van der Waals surface area (Å²) in [5.41, 5.74) is 5.08. The van der Waals surface area contributed by atoms with Crippen molar-refractivity contribution in [2.24, 2.45) is 0 Å². The fourth-order valence-electron chi connectivity index (χ4n) is 2.59. The molecule has 2 N–H and O–H groups in total. The van der Waals surface area contributed by atoms with Crippen LogP contribution in [0.25, 0.3) is 0 Å². The maximum absolute atomic E-state index is 12.5.